The van der Waals surface area contributed by atoms with Crippen molar-refractivity contribution in [2.45, 2.75) is 376 Å². The minimum absolute atomic E-state index is 0.247. The zero-order valence-corrected chi connectivity index (χ0v) is 51.8. The molecular formula is C67H127NO13. The van der Waals surface area contributed by atoms with Crippen molar-refractivity contribution in [3.05, 3.63) is 24.3 Å². The third kappa shape index (κ3) is 37.6. The van der Waals surface area contributed by atoms with Crippen molar-refractivity contribution in [3.63, 3.8) is 0 Å². The molecular weight excluding hydrogens is 1030 g/mol. The fraction of sp³-hybridized carbons (Fsp3) is 0.925. The van der Waals surface area contributed by atoms with Gasteiger partial charge in [-0.15, -0.1) is 0 Å². The molecule has 0 aromatic carbocycles. The van der Waals surface area contributed by atoms with E-state index in [-0.39, 0.29) is 18.9 Å². The van der Waals surface area contributed by atoms with Gasteiger partial charge in [-0.2, -0.15) is 0 Å². The van der Waals surface area contributed by atoms with Crippen LogP contribution in [-0.2, 0) is 23.7 Å². The van der Waals surface area contributed by atoms with Gasteiger partial charge in [-0.1, -0.05) is 295 Å². The third-order valence-corrected chi connectivity index (χ3v) is 16.9. The van der Waals surface area contributed by atoms with Crippen molar-refractivity contribution < 1.29 is 64.6 Å². The topological polar surface area (TPSA) is 228 Å². The number of aliphatic hydroxyl groups excluding tert-OH is 8. The summed E-state index contributed by atoms with van der Waals surface area (Å²) in [4.78, 5) is 13.2. The number of ether oxygens (including phenoxy) is 4. The molecule has 12 atom stereocenters. The summed E-state index contributed by atoms with van der Waals surface area (Å²) in [7, 11) is 0. The number of hydrogen-bond acceptors (Lipinski definition) is 13. The summed E-state index contributed by atoms with van der Waals surface area (Å²) in [5, 5.41) is 86.8. The van der Waals surface area contributed by atoms with Gasteiger partial charge in [-0.3, -0.25) is 4.79 Å². The molecule has 14 heteroatoms. The lowest BCUT2D eigenvalue weighted by Gasteiger charge is -2.46. The number of carbonyl (C=O) groups excluding carboxylic acids is 1. The minimum atomic E-state index is -1.79. The van der Waals surface area contributed by atoms with Gasteiger partial charge in [0.15, 0.2) is 12.6 Å². The van der Waals surface area contributed by atoms with Crippen LogP contribution >= 0.6 is 0 Å². The van der Waals surface area contributed by atoms with E-state index in [2.05, 4.69) is 31.3 Å². The van der Waals surface area contributed by atoms with Gasteiger partial charge in [0, 0.05) is 6.42 Å². The predicted molar refractivity (Wildman–Crippen MR) is 328 cm³/mol. The predicted octanol–water partition coefficient (Wildman–Crippen LogP) is 13.2. The van der Waals surface area contributed by atoms with Crippen molar-refractivity contribution in [3.8, 4) is 0 Å². The zero-order chi connectivity index (χ0) is 58.8. The summed E-state index contributed by atoms with van der Waals surface area (Å²) in [6.07, 6.45) is 49.0. The van der Waals surface area contributed by atoms with Crippen LogP contribution in [0.5, 0.6) is 0 Å². The number of hydrogen-bond donors (Lipinski definition) is 9. The van der Waals surface area contributed by atoms with Crippen LogP contribution in [0.2, 0.25) is 0 Å². The monoisotopic (exact) mass is 1150 g/mol. The van der Waals surface area contributed by atoms with E-state index in [4.69, 9.17) is 18.9 Å². The number of nitrogens with one attached hydrogen (secondary N) is 1. The van der Waals surface area contributed by atoms with Gasteiger partial charge >= 0.3 is 0 Å². The molecule has 0 radical (unpaired) electrons. The first-order valence-corrected chi connectivity index (χ1v) is 34.1. The molecule has 2 rings (SSSR count). The van der Waals surface area contributed by atoms with Gasteiger partial charge in [0.25, 0.3) is 0 Å². The highest BCUT2D eigenvalue weighted by molar-refractivity contribution is 5.76. The Morgan fingerprint density at radius 1 is 0.432 bits per heavy atom. The van der Waals surface area contributed by atoms with Gasteiger partial charge < -0.3 is 65.1 Å². The Balaban J connectivity index is 1.49. The van der Waals surface area contributed by atoms with E-state index in [1.165, 1.54) is 225 Å². The van der Waals surface area contributed by atoms with E-state index in [1.54, 1.807) is 6.08 Å². The first-order valence-electron chi connectivity index (χ1n) is 34.1. The molecule has 2 fully saturated rings. The molecule has 0 aliphatic carbocycles. The average Bonchev–Trinajstić information content (AvgIpc) is 3.55. The molecule has 12 unspecified atom stereocenters. The zero-order valence-electron chi connectivity index (χ0n) is 51.8. The molecule has 2 aliphatic heterocycles. The highest BCUT2D eigenvalue weighted by atomic mass is 16.7. The largest absolute Gasteiger partial charge is 0.394 e. The number of aliphatic hydroxyl groups is 8. The van der Waals surface area contributed by atoms with Crippen molar-refractivity contribution in [2.24, 2.45) is 0 Å². The van der Waals surface area contributed by atoms with E-state index >= 15 is 0 Å². The summed E-state index contributed by atoms with van der Waals surface area (Å²) < 4.78 is 22.7. The molecule has 478 valence electrons. The second kappa shape index (κ2) is 52.8. The fourth-order valence-corrected chi connectivity index (χ4v) is 11.4. The van der Waals surface area contributed by atoms with Gasteiger partial charge in [0.05, 0.1) is 32.0 Å². The summed E-state index contributed by atoms with van der Waals surface area (Å²) >= 11 is 0. The van der Waals surface area contributed by atoms with Crippen LogP contribution in [-0.4, -0.2) is 140 Å². The molecule has 0 aromatic rings. The van der Waals surface area contributed by atoms with Crippen molar-refractivity contribution >= 4 is 5.91 Å². The molecule has 0 saturated carbocycles. The number of rotatable bonds is 56. The van der Waals surface area contributed by atoms with Crippen LogP contribution < -0.4 is 5.32 Å². The molecule has 2 aliphatic rings. The molecule has 2 saturated heterocycles. The van der Waals surface area contributed by atoms with Crippen LogP contribution in [0.1, 0.15) is 303 Å². The Morgan fingerprint density at radius 3 is 1.20 bits per heavy atom. The molecule has 2 heterocycles. The SMILES string of the molecule is CCCC/C=C/CC/C=C/C(O)C(COC1OC(CO)C(OC2OC(CO)C(O)C(O)C2O)C(O)C1O)NC(=O)CCCCCCCCCCCCCCCCCCCCCCCCCCCCCCCCCCCCCCCCC. The number of unbranched alkanes of at least 4 members (excludes halogenated alkanes) is 41. The minimum Gasteiger partial charge on any atom is -0.394 e. The molecule has 0 bridgehead atoms. The Bertz CT molecular complexity index is 1450. The lowest BCUT2D eigenvalue weighted by molar-refractivity contribution is -0.359. The van der Waals surface area contributed by atoms with Gasteiger partial charge in [0.1, 0.15) is 48.8 Å². The van der Waals surface area contributed by atoms with Crippen molar-refractivity contribution in [2.75, 3.05) is 19.8 Å². The number of carbonyl (C=O) groups is 1. The molecule has 14 nitrogen and oxygen atoms in total. The van der Waals surface area contributed by atoms with Gasteiger partial charge in [-0.05, 0) is 25.7 Å². The third-order valence-electron chi connectivity index (χ3n) is 16.9. The first-order chi connectivity index (χ1) is 39.6. The Kier molecular flexibility index (Phi) is 49.2. The maximum absolute atomic E-state index is 13.2. The maximum Gasteiger partial charge on any atom is 0.220 e. The highest BCUT2D eigenvalue weighted by Gasteiger charge is 2.51. The molecule has 9 N–H and O–H groups in total. The van der Waals surface area contributed by atoms with E-state index in [9.17, 15) is 45.6 Å². The second-order valence-electron chi connectivity index (χ2n) is 24.3. The standard InChI is InChI=1S/C67H127NO13/c1-3-5-7-9-11-13-14-15-16-17-18-19-20-21-22-23-24-25-26-27-28-29-30-31-32-33-34-35-36-37-38-39-40-41-42-43-45-47-49-51-59(72)68-55(56(71)50-48-46-44-12-10-8-6-4-2)54-78-66-64(77)62(75)65(58(53-70)80-66)81-67-63(76)61(74)60(73)57(52-69)79-67/h10,12,48,50,55-58,60-67,69-71,73-77H,3-9,11,13-47,49,51-54H2,1-2H3,(H,68,72)/b12-10+,50-48+. The van der Waals surface area contributed by atoms with Crippen LogP contribution in [0.25, 0.3) is 0 Å². The first kappa shape index (κ1) is 75.6. The quantitative estimate of drug-likeness (QED) is 0.0204. The smallest absolute Gasteiger partial charge is 0.220 e. The Morgan fingerprint density at radius 2 is 0.790 bits per heavy atom. The molecule has 0 spiro atoms. The van der Waals surface area contributed by atoms with Crippen molar-refractivity contribution in [1.82, 2.24) is 5.32 Å². The van der Waals surface area contributed by atoms with Gasteiger partial charge in [-0.25, -0.2) is 0 Å². The van der Waals surface area contributed by atoms with Crippen LogP contribution in [0.15, 0.2) is 24.3 Å². The van der Waals surface area contributed by atoms with E-state index in [0.29, 0.717) is 12.8 Å². The Hall–Kier alpha value is -1.53. The second-order valence-corrected chi connectivity index (χ2v) is 24.3. The van der Waals surface area contributed by atoms with Crippen molar-refractivity contribution in [1.29, 1.82) is 0 Å². The molecule has 81 heavy (non-hydrogen) atoms. The van der Waals surface area contributed by atoms with E-state index < -0.39 is 86.8 Å². The number of amides is 1. The maximum atomic E-state index is 13.2. The van der Waals surface area contributed by atoms with E-state index in [0.717, 1.165) is 44.9 Å². The Labute approximate surface area is 494 Å². The summed E-state index contributed by atoms with van der Waals surface area (Å²) in [5.41, 5.74) is 0. The fourth-order valence-electron chi connectivity index (χ4n) is 11.4. The summed E-state index contributed by atoms with van der Waals surface area (Å²) in [6, 6.07) is -0.926. The average molecular weight is 1150 g/mol. The number of allylic oxidation sites excluding steroid dienone is 3. The summed E-state index contributed by atoms with van der Waals surface area (Å²) in [6.45, 7) is 2.72. The lowest BCUT2D eigenvalue weighted by atomic mass is 9.97. The van der Waals surface area contributed by atoms with Crippen LogP contribution in [0.3, 0.4) is 0 Å². The molecule has 1 amide bonds. The lowest BCUT2D eigenvalue weighted by Crippen LogP contribution is -2.65. The van der Waals surface area contributed by atoms with Crippen LogP contribution in [0, 0.1) is 0 Å². The normalized spacial score (nSPS) is 24.2. The van der Waals surface area contributed by atoms with Gasteiger partial charge in [0.2, 0.25) is 5.91 Å². The van der Waals surface area contributed by atoms with Crippen LogP contribution in [0.4, 0.5) is 0 Å². The molecule has 0 aromatic heterocycles. The highest BCUT2D eigenvalue weighted by Crippen LogP contribution is 2.30. The summed E-state index contributed by atoms with van der Waals surface area (Å²) in [5.74, 6) is -0.247. The van der Waals surface area contributed by atoms with E-state index in [1.807, 2.05) is 6.08 Å².